The number of non-ortho nitro benzene ring substituents is 1. The summed E-state index contributed by atoms with van der Waals surface area (Å²) in [6, 6.07) is 4.89. The van der Waals surface area contributed by atoms with Gasteiger partial charge in [-0.1, -0.05) is 6.07 Å². The molecule has 1 aromatic carbocycles. The Morgan fingerprint density at radius 2 is 1.93 bits per heavy atom. The van der Waals surface area contributed by atoms with Gasteiger partial charge in [-0.15, -0.1) is 0 Å². The van der Waals surface area contributed by atoms with Crippen LogP contribution in [0.3, 0.4) is 0 Å². The van der Waals surface area contributed by atoms with Gasteiger partial charge in [-0.3, -0.25) is 10.1 Å². The summed E-state index contributed by atoms with van der Waals surface area (Å²) in [7, 11) is -0.750. The number of carboxylic acid groups (broad SMARTS) is 1. The van der Waals surface area contributed by atoms with Gasteiger partial charge in [0.15, 0.2) is 0 Å². The normalized spacial score (nSPS) is 8.40. The third kappa shape index (κ3) is 4.74. The molecule has 0 fully saturated rings. The molecule has 3 N–H and O–H groups in total. The fourth-order valence-electron chi connectivity index (χ4n) is 0.753. The van der Waals surface area contributed by atoms with Crippen LogP contribution in [0.4, 0.5) is 5.69 Å². The van der Waals surface area contributed by atoms with Crippen LogP contribution in [0.2, 0.25) is 0 Å². The molecule has 0 saturated carbocycles. The lowest BCUT2D eigenvalue weighted by Gasteiger charge is -1.92. The summed E-state index contributed by atoms with van der Waals surface area (Å²) < 4.78 is 0. The van der Waals surface area contributed by atoms with Crippen molar-refractivity contribution < 1.29 is 24.9 Å². The molecule has 0 unspecified atom stereocenters. The summed E-state index contributed by atoms with van der Waals surface area (Å²) in [5, 5.41) is 32.9. The van der Waals surface area contributed by atoms with E-state index in [1.54, 1.807) is 0 Å². The minimum Gasteiger partial charge on any atom is -0.478 e. The van der Waals surface area contributed by atoms with Gasteiger partial charge in [-0.05, 0) is 6.07 Å². The number of hydrogen-bond donors (Lipinski definition) is 3. The van der Waals surface area contributed by atoms with Crippen LogP contribution in [0.5, 0.6) is 0 Å². The van der Waals surface area contributed by atoms with Gasteiger partial charge in [0.25, 0.3) is 5.69 Å². The van der Waals surface area contributed by atoms with Crippen LogP contribution in [0.25, 0.3) is 0 Å². The highest BCUT2D eigenvalue weighted by atomic mass is 16.6. The number of carboxylic acids is 1. The van der Waals surface area contributed by atoms with Gasteiger partial charge in [-0.2, -0.15) is 0 Å². The second kappa shape index (κ2) is 6.52. The number of benzene rings is 1. The topological polar surface area (TPSA) is 121 Å². The van der Waals surface area contributed by atoms with Crippen LogP contribution in [-0.2, 0) is 0 Å². The summed E-state index contributed by atoms with van der Waals surface area (Å²) in [6.07, 6.45) is 0. The van der Waals surface area contributed by atoms with Crippen molar-refractivity contribution in [3.05, 3.63) is 39.9 Å². The number of hydrogen-bond acceptors (Lipinski definition) is 5. The average molecular weight is 213 g/mol. The van der Waals surface area contributed by atoms with Crippen molar-refractivity contribution in [1.29, 1.82) is 0 Å². The molecule has 7 nitrogen and oxygen atoms in total. The zero-order valence-electron chi connectivity index (χ0n) is 7.53. The summed E-state index contributed by atoms with van der Waals surface area (Å²) in [5.41, 5.74) is -0.292. The molecule has 0 aliphatic rings. The predicted molar refractivity (Wildman–Crippen MR) is 51.6 cm³/mol. The van der Waals surface area contributed by atoms with E-state index in [2.05, 4.69) is 0 Å². The lowest BCUT2D eigenvalue weighted by atomic mass is 10.2. The summed E-state index contributed by atoms with van der Waals surface area (Å²) in [6.45, 7) is 0. The van der Waals surface area contributed by atoms with Gasteiger partial charge in [0.05, 0.1) is 10.5 Å². The highest BCUT2D eigenvalue weighted by Gasteiger charge is 2.08. The molecule has 0 atom stereocenters. The van der Waals surface area contributed by atoms with Crippen LogP contribution in [0.15, 0.2) is 24.3 Å². The maximum absolute atomic E-state index is 10.4. The first-order valence-corrected chi connectivity index (χ1v) is 3.72. The van der Waals surface area contributed by atoms with Crippen LogP contribution in [0.1, 0.15) is 10.4 Å². The Hall–Kier alpha value is -1.93. The van der Waals surface area contributed by atoms with E-state index in [0.717, 1.165) is 6.07 Å². The quantitative estimate of drug-likeness (QED) is 0.346. The highest BCUT2D eigenvalue weighted by Crippen LogP contribution is 2.12. The Bertz CT molecular complexity index is 326. The fraction of sp³-hybridized carbons (Fsp3) is 0. The molecule has 80 valence electrons. The molecule has 0 aliphatic heterocycles. The zero-order chi connectivity index (χ0) is 11.8. The Labute approximate surface area is 85.1 Å². The molecule has 0 radical (unpaired) electrons. The monoisotopic (exact) mass is 213 g/mol. The van der Waals surface area contributed by atoms with E-state index in [4.69, 9.17) is 15.2 Å². The summed E-state index contributed by atoms with van der Waals surface area (Å²) in [5.74, 6) is -1.17. The fourth-order valence-corrected chi connectivity index (χ4v) is 0.753. The molecule has 0 bridgehead atoms. The first kappa shape index (κ1) is 13.1. The molecule has 8 heteroatoms. The third-order valence-electron chi connectivity index (χ3n) is 1.30. The lowest BCUT2D eigenvalue weighted by Crippen LogP contribution is -1.97. The molecule has 0 amide bonds. The molecular formula is C7H8BNO6. The summed E-state index contributed by atoms with van der Waals surface area (Å²) in [4.78, 5) is 19.9. The lowest BCUT2D eigenvalue weighted by molar-refractivity contribution is -0.384. The van der Waals surface area contributed by atoms with Crippen LogP contribution in [-0.4, -0.2) is 33.7 Å². The Morgan fingerprint density at radius 3 is 2.33 bits per heavy atom. The first-order chi connectivity index (χ1) is 7.02. The smallest absolute Gasteiger partial charge is 0.432 e. The number of nitro groups is 1. The van der Waals surface area contributed by atoms with Crippen LogP contribution >= 0.6 is 0 Å². The zero-order valence-corrected chi connectivity index (χ0v) is 7.53. The van der Waals surface area contributed by atoms with Crippen molar-refractivity contribution >= 4 is 19.3 Å². The van der Waals surface area contributed by atoms with E-state index >= 15 is 0 Å². The Morgan fingerprint density at radius 1 is 1.40 bits per heavy atom. The average Bonchev–Trinajstić information content (AvgIpc) is 2.19. The van der Waals surface area contributed by atoms with E-state index in [1.165, 1.54) is 18.2 Å². The number of nitro benzene ring substituents is 1. The molecule has 0 aromatic heterocycles. The molecule has 0 aliphatic carbocycles. The molecular weight excluding hydrogens is 205 g/mol. The van der Waals surface area contributed by atoms with Crippen molar-refractivity contribution in [2.45, 2.75) is 0 Å². The van der Waals surface area contributed by atoms with Crippen molar-refractivity contribution in [3.63, 3.8) is 0 Å². The van der Waals surface area contributed by atoms with Gasteiger partial charge < -0.3 is 15.2 Å². The largest absolute Gasteiger partial charge is 0.478 e. The van der Waals surface area contributed by atoms with E-state index in [9.17, 15) is 14.9 Å². The molecule has 1 rings (SSSR count). The minimum absolute atomic E-state index is 0.0794. The van der Waals surface area contributed by atoms with Crippen LogP contribution in [0, 0.1) is 10.1 Å². The maximum Gasteiger partial charge on any atom is 0.432 e. The van der Waals surface area contributed by atoms with Crippen molar-refractivity contribution in [2.24, 2.45) is 0 Å². The second-order valence-electron chi connectivity index (χ2n) is 2.25. The third-order valence-corrected chi connectivity index (χ3v) is 1.30. The maximum atomic E-state index is 10.4. The molecule has 1 aromatic rings. The standard InChI is InChI=1S/C7H5NO4.BH3O2/c9-7(10)5-2-1-3-6(4-5)8(11)12;2-1-3/h1-4H,(H,9,10);1-3H. The Kier molecular flexibility index (Phi) is 5.68. The predicted octanol–water partition coefficient (Wildman–Crippen LogP) is -0.470. The number of nitrogens with zero attached hydrogens (tertiary/aromatic N) is 1. The number of carbonyl (C=O) groups is 1. The molecule has 0 heterocycles. The summed E-state index contributed by atoms with van der Waals surface area (Å²) >= 11 is 0. The minimum atomic E-state index is -1.17. The SMILES string of the molecule is O=C(O)c1cccc([N+](=O)[O-])c1.OBO. The molecule has 0 saturated heterocycles. The first-order valence-electron chi connectivity index (χ1n) is 3.72. The second-order valence-corrected chi connectivity index (χ2v) is 2.25. The molecule has 0 spiro atoms. The van der Waals surface area contributed by atoms with Crippen LogP contribution < -0.4 is 0 Å². The van der Waals surface area contributed by atoms with E-state index in [1.807, 2.05) is 0 Å². The van der Waals surface area contributed by atoms with E-state index < -0.39 is 18.6 Å². The Balaban J connectivity index is 0.000000583. The van der Waals surface area contributed by atoms with E-state index in [0.29, 0.717) is 0 Å². The number of aromatic carboxylic acids is 1. The van der Waals surface area contributed by atoms with Gasteiger partial charge in [-0.25, -0.2) is 4.79 Å². The van der Waals surface area contributed by atoms with Gasteiger partial charge in [0, 0.05) is 12.1 Å². The van der Waals surface area contributed by atoms with E-state index in [-0.39, 0.29) is 11.3 Å². The number of rotatable bonds is 2. The van der Waals surface area contributed by atoms with Crippen molar-refractivity contribution in [3.8, 4) is 0 Å². The van der Waals surface area contributed by atoms with Crippen molar-refractivity contribution in [1.82, 2.24) is 0 Å². The van der Waals surface area contributed by atoms with Gasteiger partial charge in [0.2, 0.25) is 0 Å². The molecule has 15 heavy (non-hydrogen) atoms. The van der Waals surface area contributed by atoms with Crippen molar-refractivity contribution in [2.75, 3.05) is 0 Å². The highest BCUT2D eigenvalue weighted by molar-refractivity contribution is 6.13. The van der Waals surface area contributed by atoms with Gasteiger partial charge in [0.1, 0.15) is 0 Å². The van der Waals surface area contributed by atoms with Gasteiger partial charge >= 0.3 is 13.7 Å².